The summed E-state index contributed by atoms with van der Waals surface area (Å²) in [6.45, 7) is 2.25. The first-order chi connectivity index (χ1) is 5.02. The molecule has 0 heterocycles. The Kier molecular flexibility index (Phi) is 9.25. The first-order valence-corrected chi connectivity index (χ1v) is 4.90. The molecule has 1 unspecified atom stereocenters. The van der Waals surface area contributed by atoms with Crippen LogP contribution in [0, 0.1) is 5.92 Å². The van der Waals surface area contributed by atoms with Gasteiger partial charge < -0.3 is 7.16 Å². The molecular formula is C5H15N2NaO3S. The van der Waals surface area contributed by atoms with Crippen molar-refractivity contribution < 1.29 is 43.7 Å². The number of hydrogen-bond acceptors (Lipinski definition) is 5. The van der Waals surface area contributed by atoms with Crippen molar-refractivity contribution in [2.24, 2.45) is 17.5 Å². The van der Waals surface area contributed by atoms with E-state index in [-0.39, 0.29) is 42.7 Å². The van der Waals surface area contributed by atoms with E-state index in [0.717, 1.165) is 0 Å². The van der Waals surface area contributed by atoms with Crippen LogP contribution in [0.1, 0.15) is 14.8 Å². The van der Waals surface area contributed by atoms with Crippen molar-refractivity contribution in [3.63, 3.8) is 0 Å². The average molecular weight is 206 g/mol. The van der Waals surface area contributed by atoms with Crippen molar-refractivity contribution in [1.82, 2.24) is 0 Å². The van der Waals surface area contributed by atoms with Crippen molar-refractivity contribution in [2.75, 3.05) is 12.3 Å². The van der Waals surface area contributed by atoms with E-state index >= 15 is 0 Å². The summed E-state index contributed by atoms with van der Waals surface area (Å²) in [5.41, 5.74) is 5.22. The first-order valence-electron chi connectivity index (χ1n) is 3.33. The normalized spacial score (nSPS) is 13.6. The third-order valence-corrected chi connectivity index (χ3v) is 2.57. The third kappa shape index (κ3) is 7.48. The second kappa shape index (κ2) is 7.25. The molecule has 0 aromatic heterocycles. The molecule has 5 nitrogen and oxygen atoms in total. The largest absolute Gasteiger partial charge is 1.00 e. The van der Waals surface area contributed by atoms with Crippen LogP contribution in [0.4, 0.5) is 0 Å². The van der Waals surface area contributed by atoms with E-state index in [0.29, 0.717) is 13.0 Å². The molecule has 0 aromatic carbocycles. The summed E-state index contributed by atoms with van der Waals surface area (Å²) in [5.74, 6) is 4.46. The molecule has 12 heavy (non-hydrogen) atoms. The minimum Gasteiger partial charge on any atom is -1.00 e. The topological polar surface area (TPSA) is 95.4 Å². The third-order valence-electron chi connectivity index (χ3n) is 1.29. The van der Waals surface area contributed by atoms with Crippen LogP contribution in [0.15, 0.2) is 0 Å². The Balaban J connectivity index is -0.000000500. The van der Waals surface area contributed by atoms with Gasteiger partial charge in [0.25, 0.3) is 10.1 Å². The summed E-state index contributed by atoms with van der Waals surface area (Å²) in [6, 6.07) is 0. The Morgan fingerprint density at radius 3 is 2.42 bits per heavy atom. The van der Waals surface area contributed by atoms with Gasteiger partial charge in [-0.1, -0.05) is 6.92 Å². The fourth-order valence-corrected chi connectivity index (χ4v) is 1.70. The van der Waals surface area contributed by atoms with Crippen LogP contribution >= 0.6 is 0 Å². The molecule has 0 aliphatic heterocycles. The summed E-state index contributed by atoms with van der Waals surface area (Å²) >= 11 is 0. The van der Waals surface area contributed by atoms with Crippen molar-refractivity contribution >= 4 is 10.1 Å². The monoisotopic (exact) mass is 206 g/mol. The molecule has 0 spiro atoms. The van der Waals surface area contributed by atoms with Crippen molar-refractivity contribution in [3.8, 4) is 0 Å². The van der Waals surface area contributed by atoms with Gasteiger partial charge in [-0.2, -0.15) is 18.6 Å². The molecule has 0 rings (SSSR count). The Labute approximate surface area is 96.7 Å². The van der Waals surface area contributed by atoms with Gasteiger partial charge in [0.05, 0.1) is 5.75 Å². The molecule has 0 bridgehead atoms. The van der Waals surface area contributed by atoms with Gasteiger partial charge in [0.1, 0.15) is 0 Å². The van der Waals surface area contributed by atoms with Gasteiger partial charge in [-0.05, 0) is 18.9 Å². The molecule has 7 heteroatoms. The maximum Gasteiger partial charge on any atom is 1.00 e. The van der Waals surface area contributed by atoms with Crippen LogP contribution in [0.3, 0.4) is 0 Å². The molecule has 0 aliphatic carbocycles. The smallest absolute Gasteiger partial charge is 1.00 e. The minimum absolute atomic E-state index is 0. The standard InChI is InChI=1S/C5H14N2O3S.Na.H/c1-5(2-3-6)4-11(8,9)10-7;;/h5H,2-4,6-7H2,1H3;;/q;+1;-1. The predicted molar refractivity (Wildman–Crippen MR) is 43.0 cm³/mol. The second-order valence-corrected chi connectivity index (χ2v) is 4.14. The number of hydrogen-bond donors (Lipinski definition) is 2. The summed E-state index contributed by atoms with van der Waals surface area (Å²) in [5, 5.41) is 0. The molecule has 4 N–H and O–H groups in total. The average Bonchev–Trinajstić information content (AvgIpc) is 1.87. The molecular weight excluding hydrogens is 191 g/mol. The summed E-state index contributed by atoms with van der Waals surface area (Å²) in [4.78, 5) is 0. The van der Waals surface area contributed by atoms with Gasteiger partial charge in [0.15, 0.2) is 0 Å². The molecule has 0 amide bonds. The predicted octanol–water partition coefficient (Wildman–Crippen LogP) is -3.69. The van der Waals surface area contributed by atoms with Crippen LogP contribution in [0.5, 0.6) is 0 Å². The van der Waals surface area contributed by atoms with Gasteiger partial charge in [-0.15, -0.1) is 0 Å². The zero-order chi connectivity index (χ0) is 8.91. The van der Waals surface area contributed by atoms with Crippen molar-refractivity contribution in [1.29, 1.82) is 0 Å². The van der Waals surface area contributed by atoms with E-state index < -0.39 is 10.1 Å². The van der Waals surface area contributed by atoms with Crippen LogP contribution in [-0.4, -0.2) is 20.7 Å². The van der Waals surface area contributed by atoms with E-state index in [2.05, 4.69) is 10.2 Å². The molecule has 0 saturated heterocycles. The van der Waals surface area contributed by atoms with E-state index in [1.165, 1.54) is 0 Å². The Morgan fingerprint density at radius 2 is 2.08 bits per heavy atom. The SMILES string of the molecule is CC(CCN)CS(=O)(=O)ON.[H-].[Na+]. The molecule has 0 aliphatic rings. The molecule has 0 radical (unpaired) electrons. The van der Waals surface area contributed by atoms with Gasteiger partial charge in [0.2, 0.25) is 0 Å². The van der Waals surface area contributed by atoms with E-state index in [1.54, 1.807) is 6.92 Å². The van der Waals surface area contributed by atoms with Crippen LogP contribution < -0.4 is 41.2 Å². The quantitative estimate of drug-likeness (QED) is 0.356. The molecule has 1 atom stereocenters. The maximum absolute atomic E-state index is 10.7. The summed E-state index contributed by atoms with van der Waals surface area (Å²) in [7, 11) is -3.52. The second-order valence-electron chi connectivity index (χ2n) is 2.50. The summed E-state index contributed by atoms with van der Waals surface area (Å²) in [6.07, 6.45) is 0.655. The van der Waals surface area contributed by atoms with Crippen LogP contribution in [0.25, 0.3) is 0 Å². The van der Waals surface area contributed by atoms with Gasteiger partial charge in [0, 0.05) is 0 Å². The molecule has 0 saturated carbocycles. The van der Waals surface area contributed by atoms with Crippen LogP contribution in [0.2, 0.25) is 0 Å². The Hall–Kier alpha value is 0.830. The maximum atomic E-state index is 10.7. The van der Waals surface area contributed by atoms with Gasteiger partial charge in [-0.25, -0.2) is 0 Å². The molecule has 0 fully saturated rings. The minimum atomic E-state index is -3.52. The van der Waals surface area contributed by atoms with Crippen LogP contribution in [-0.2, 0) is 14.4 Å². The number of nitrogens with two attached hydrogens (primary N) is 2. The summed E-state index contributed by atoms with van der Waals surface area (Å²) < 4.78 is 25.2. The van der Waals surface area contributed by atoms with Gasteiger partial charge >= 0.3 is 29.6 Å². The van der Waals surface area contributed by atoms with Crippen molar-refractivity contribution in [2.45, 2.75) is 13.3 Å². The van der Waals surface area contributed by atoms with Crippen molar-refractivity contribution in [3.05, 3.63) is 0 Å². The molecule has 70 valence electrons. The van der Waals surface area contributed by atoms with E-state index in [1.807, 2.05) is 0 Å². The number of rotatable bonds is 5. The fourth-order valence-electron chi connectivity index (χ4n) is 0.756. The van der Waals surface area contributed by atoms with E-state index in [9.17, 15) is 8.42 Å². The zero-order valence-corrected chi connectivity index (χ0v) is 10.3. The Morgan fingerprint density at radius 1 is 1.58 bits per heavy atom. The van der Waals surface area contributed by atoms with Gasteiger partial charge in [-0.3, -0.25) is 0 Å². The fraction of sp³-hybridized carbons (Fsp3) is 1.00. The Bertz CT molecular complexity index is 200. The van der Waals surface area contributed by atoms with E-state index in [4.69, 9.17) is 5.73 Å². The zero-order valence-electron chi connectivity index (χ0n) is 8.49. The first kappa shape index (κ1) is 15.3. The molecule has 0 aromatic rings.